The van der Waals surface area contributed by atoms with E-state index in [0.717, 1.165) is 45.4 Å². The van der Waals surface area contributed by atoms with Gasteiger partial charge >= 0.3 is 0 Å². The van der Waals surface area contributed by atoms with Crippen LogP contribution >= 0.6 is 0 Å². The third kappa shape index (κ3) is 2.67. The topological polar surface area (TPSA) is 47.7 Å². The largest absolute Gasteiger partial charge is 0.381 e. The van der Waals surface area contributed by atoms with Gasteiger partial charge in [-0.15, -0.1) is 0 Å². The van der Waals surface area contributed by atoms with Crippen molar-refractivity contribution in [3.05, 3.63) is 0 Å². The van der Waals surface area contributed by atoms with Gasteiger partial charge in [-0.1, -0.05) is 0 Å². The molecule has 2 rings (SSSR count). The summed E-state index contributed by atoms with van der Waals surface area (Å²) in [6, 6.07) is 0. The van der Waals surface area contributed by atoms with Crippen molar-refractivity contribution >= 4 is 0 Å². The summed E-state index contributed by atoms with van der Waals surface area (Å²) in [5.41, 5.74) is 5.60. The van der Waals surface area contributed by atoms with Crippen LogP contribution in [0.1, 0.15) is 6.42 Å². The first-order valence-electron chi connectivity index (χ1n) is 5.50. The molecule has 0 bridgehead atoms. The first-order valence-corrected chi connectivity index (χ1v) is 5.50. The molecule has 0 aromatic carbocycles. The van der Waals surface area contributed by atoms with Crippen molar-refractivity contribution in [3.63, 3.8) is 0 Å². The summed E-state index contributed by atoms with van der Waals surface area (Å²) in [6.07, 6.45) is 1.45. The predicted octanol–water partition coefficient (Wildman–Crippen LogP) is -0.318. The van der Waals surface area contributed by atoms with E-state index in [1.54, 1.807) is 0 Å². The molecule has 2 aliphatic rings. The minimum absolute atomic E-state index is 0.242. The molecule has 4 heteroatoms. The van der Waals surface area contributed by atoms with Crippen LogP contribution in [0, 0.1) is 5.92 Å². The lowest BCUT2D eigenvalue weighted by molar-refractivity contribution is -0.0280. The zero-order valence-electron chi connectivity index (χ0n) is 8.65. The Hall–Kier alpha value is -0.160. The first kappa shape index (κ1) is 10.4. The highest BCUT2D eigenvalue weighted by molar-refractivity contribution is 4.76. The molecule has 0 aliphatic carbocycles. The van der Waals surface area contributed by atoms with Crippen LogP contribution in [0.5, 0.6) is 0 Å². The van der Waals surface area contributed by atoms with Crippen molar-refractivity contribution in [1.29, 1.82) is 0 Å². The SMILES string of the molecule is NCC1CN(CC2CCOC2)CCO1. The van der Waals surface area contributed by atoms with Gasteiger partial charge in [0.2, 0.25) is 0 Å². The predicted molar refractivity (Wildman–Crippen MR) is 54.2 cm³/mol. The lowest BCUT2D eigenvalue weighted by Crippen LogP contribution is -2.47. The second-order valence-corrected chi connectivity index (χ2v) is 4.22. The molecule has 82 valence electrons. The van der Waals surface area contributed by atoms with Crippen LogP contribution in [-0.2, 0) is 9.47 Å². The van der Waals surface area contributed by atoms with Gasteiger partial charge in [-0.2, -0.15) is 0 Å². The van der Waals surface area contributed by atoms with Crippen LogP contribution in [0.15, 0.2) is 0 Å². The van der Waals surface area contributed by atoms with E-state index >= 15 is 0 Å². The fourth-order valence-electron chi connectivity index (χ4n) is 2.18. The third-order valence-electron chi connectivity index (χ3n) is 3.03. The van der Waals surface area contributed by atoms with E-state index in [1.165, 1.54) is 6.42 Å². The summed E-state index contributed by atoms with van der Waals surface area (Å²) in [5.74, 6) is 0.728. The second kappa shape index (κ2) is 5.07. The third-order valence-corrected chi connectivity index (χ3v) is 3.03. The molecular weight excluding hydrogens is 180 g/mol. The van der Waals surface area contributed by atoms with E-state index in [2.05, 4.69) is 4.90 Å². The van der Waals surface area contributed by atoms with E-state index in [1.807, 2.05) is 0 Å². The molecule has 2 saturated heterocycles. The lowest BCUT2D eigenvalue weighted by Gasteiger charge is -2.33. The summed E-state index contributed by atoms with van der Waals surface area (Å²) in [4.78, 5) is 2.46. The number of hydrogen-bond acceptors (Lipinski definition) is 4. The monoisotopic (exact) mass is 200 g/mol. The van der Waals surface area contributed by atoms with Crippen LogP contribution in [0.25, 0.3) is 0 Å². The lowest BCUT2D eigenvalue weighted by atomic mass is 10.1. The summed E-state index contributed by atoms with van der Waals surface area (Å²) < 4.78 is 10.9. The van der Waals surface area contributed by atoms with Crippen molar-refractivity contribution in [1.82, 2.24) is 4.90 Å². The van der Waals surface area contributed by atoms with Crippen LogP contribution in [0.4, 0.5) is 0 Å². The molecule has 0 amide bonds. The standard InChI is InChI=1S/C10H20N2O2/c11-5-10-7-12(2-4-14-10)6-9-1-3-13-8-9/h9-10H,1-8,11H2. The summed E-state index contributed by atoms with van der Waals surface area (Å²) >= 11 is 0. The summed E-state index contributed by atoms with van der Waals surface area (Å²) in [6.45, 7) is 6.53. The fourth-order valence-corrected chi connectivity index (χ4v) is 2.18. The minimum Gasteiger partial charge on any atom is -0.381 e. The molecule has 0 saturated carbocycles. The van der Waals surface area contributed by atoms with Gasteiger partial charge in [0.05, 0.1) is 19.3 Å². The molecular formula is C10H20N2O2. The molecule has 2 aliphatic heterocycles. The van der Waals surface area contributed by atoms with Gasteiger partial charge in [0.25, 0.3) is 0 Å². The van der Waals surface area contributed by atoms with Crippen molar-refractivity contribution < 1.29 is 9.47 Å². The first-order chi connectivity index (χ1) is 6.88. The Morgan fingerprint density at radius 1 is 1.36 bits per heavy atom. The molecule has 14 heavy (non-hydrogen) atoms. The number of rotatable bonds is 3. The molecule has 0 aromatic rings. The highest BCUT2D eigenvalue weighted by Crippen LogP contribution is 2.15. The molecule has 0 spiro atoms. The maximum atomic E-state index is 5.60. The molecule has 2 fully saturated rings. The zero-order valence-corrected chi connectivity index (χ0v) is 8.65. The maximum Gasteiger partial charge on any atom is 0.0824 e. The van der Waals surface area contributed by atoms with Crippen LogP contribution < -0.4 is 5.73 Å². The number of morpholine rings is 1. The highest BCUT2D eigenvalue weighted by atomic mass is 16.5. The van der Waals surface area contributed by atoms with Gasteiger partial charge in [0.1, 0.15) is 0 Å². The summed E-state index contributed by atoms with van der Waals surface area (Å²) in [7, 11) is 0. The summed E-state index contributed by atoms with van der Waals surface area (Å²) in [5, 5.41) is 0. The Morgan fingerprint density at radius 3 is 3.00 bits per heavy atom. The Balaban J connectivity index is 1.73. The maximum absolute atomic E-state index is 5.60. The van der Waals surface area contributed by atoms with Crippen molar-refractivity contribution in [2.75, 3.05) is 46.0 Å². The fraction of sp³-hybridized carbons (Fsp3) is 1.00. The van der Waals surface area contributed by atoms with Gasteiger partial charge in [0, 0.05) is 32.8 Å². The van der Waals surface area contributed by atoms with Crippen molar-refractivity contribution in [3.8, 4) is 0 Å². The Kier molecular flexibility index (Phi) is 3.75. The molecule has 2 atom stereocenters. The number of ether oxygens (including phenoxy) is 2. The van der Waals surface area contributed by atoms with Gasteiger partial charge < -0.3 is 15.2 Å². The van der Waals surface area contributed by atoms with Gasteiger partial charge in [-0.3, -0.25) is 4.90 Å². The highest BCUT2D eigenvalue weighted by Gasteiger charge is 2.23. The molecule has 0 aromatic heterocycles. The molecule has 2 heterocycles. The molecule has 4 nitrogen and oxygen atoms in total. The Morgan fingerprint density at radius 2 is 2.29 bits per heavy atom. The normalized spacial score (nSPS) is 34.9. The van der Waals surface area contributed by atoms with Crippen molar-refractivity contribution in [2.45, 2.75) is 12.5 Å². The van der Waals surface area contributed by atoms with E-state index in [-0.39, 0.29) is 6.10 Å². The van der Waals surface area contributed by atoms with Gasteiger partial charge in [-0.05, 0) is 12.3 Å². The number of nitrogens with zero attached hydrogens (tertiary/aromatic N) is 1. The van der Waals surface area contributed by atoms with Crippen LogP contribution in [0.2, 0.25) is 0 Å². The molecule has 2 N–H and O–H groups in total. The van der Waals surface area contributed by atoms with E-state index in [0.29, 0.717) is 6.54 Å². The Bertz CT molecular complexity index is 172. The quantitative estimate of drug-likeness (QED) is 0.678. The van der Waals surface area contributed by atoms with E-state index in [4.69, 9.17) is 15.2 Å². The zero-order chi connectivity index (χ0) is 9.80. The van der Waals surface area contributed by atoms with Crippen molar-refractivity contribution in [2.24, 2.45) is 11.7 Å². The van der Waals surface area contributed by atoms with E-state index < -0.39 is 0 Å². The Labute approximate surface area is 85.3 Å². The van der Waals surface area contributed by atoms with Crippen LogP contribution in [-0.4, -0.2) is 57.0 Å². The van der Waals surface area contributed by atoms with E-state index in [9.17, 15) is 0 Å². The average Bonchev–Trinajstić information content (AvgIpc) is 2.71. The second-order valence-electron chi connectivity index (χ2n) is 4.22. The minimum atomic E-state index is 0.242. The number of nitrogens with two attached hydrogens (primary N) is 1. The molecule has 0 radical (unpaired) electrons. The number of hydrogen-bond donors (Lipinski definition) is 1. The molecule has 2 unspecified atom stereocenters. The smallest absolute Gasteiger partial charge is 0.0824 e. The average molecular weight is 200 g/mol. The van der Waals surface area contributed by atoms with Gasteiger partial charge in [0.15, 0.2) is 0 Å². The van der Waals surface area contributed by atoms with Gasteiger partial charge in [-0.25, -0.2) is 0 Å². The van der Waals surface area contributed by atoms with Crippen LogP contribution in [0.3, 0.4) is 0 Å².